The Bertz CT molecular complexity index is 805. The number of furan rings is 1. The number of aryl methyl sites for hydroxylation is 1. The molecule has 1 aliphatic rings. The fraction of sp³-hybridized carbons (Fsp3) is 0.444. The Labute approximate surface area is 150 Å². The molecule has 0 bridgehead atoms. The number of halogens is 1. The van der Waals surface area contributed by atoms with E-state index in [0.29, 0.717) is 29.3 Å². The quantitative estimate of drug-likeness (QED) is 0.781. The molecule has 134 valence electrons. The summed E-state index contributed by atoms with van der Waals surface area (Å²) >= 11 is 6.08. The van der Waals surface area contributed by atoms with Gasteiger partial charge in [-0.3, -0.25) is 4.79 Å². The van der Waals surface area contributed by atoms with Crippen LogP contribution in [0.2, 0.25) is 5.02 Å². The van der Waals surface area contributed by atoms with Gasteiger partial charge in [-0.2, -0.15) is 0 Å². The third kappa shape index (κ3) is 3.65. The number of rotatable bonds is 3. The van der Waals surface area contributed by atoms with E-state index in [-0.39, 0.29) is 30.5 Å². The van der Waals surface area contributed by atoms with Gasteiger partial charge in [0.05, 0.1) is 17.2 Å². The maximum atomic E-state index is 12.3. The van der Waals surface area contributed by atoms with E-state index in [9.17, 15) is 9.59 Å². The molecular weight excluding hydrogens is 346 g/mol. The lowest BCUT2D eigenvalue weighted by Crippen LogP contribution is -2.49. The second-order valence-corrected chi connectivity index (χ2v) is 6.71. The van der Waals surface area contributed by atoms with Crippen LogP contribution in [-0.2, 0) is 14.3 Å². The summed E-state index contributed by atoms with van der Waals surface area (Å²) in [4.78, 5) is 26.2. The molecule has 1 aliphatic heterocycles. The average Bonchev–Trinajstić information content (AvgIpc) is 2.90. The largest absolute Gasteiger partial charge is 0.450 e. The monoisotopic (exact) mass is 365 g/mol. The van der Waals surface area contributed by atoms with Gasteiger partial charge >= 0.3 is 5.97 Å². The standard InChI is InChI=1S/C18H20ClNO5/c1-10-7-20(8-11(2)24-10)15(21)9-23-18(22)16-12(3)13-5-4-6-14(19)17(13)25-16/h4-6,10-11H,7-9H2,1-3H3. The number of hydrogen-bond donors (Lipinski definition) is 0. The molecule has 1 fully saturated rings. The van der Waals surface area contributed by atoms with Gasteiger partial charge < -0.3 is 18.8 Å². The molecule has 3 rings (SSSR count). The molecule has 1 amide bonds. The minimum absolute atomic E-state index is 0.0387. The first-order valence-electron chi connectivity index (χ1n) is 8.14. The molecule has 1 aromatic carbocycles. The second kappa shape index (κ2) is 7.06. The topological polar surface area (TPSA) is 69.0 Å². The molecule has 0 saturated carbocycles. The molecule has 1 aromatic heterocycles. The van der Waals surface area contributed by atoms with E-state index in [1.165, 1.54) is 0 Å². The van der Waals surface area contributed by atoms with Crippen LogP contribution in [0.5, 0.6) is 0 Å². The van der Waals surface area contributed by atoms with Gasteiger partial charge in [0.2, 0.25) is 5.76 Å². The molecule has 6 nitrogen and oxygen atoms in total. The number of hydrogen-bond acceptors (Lipinski definition) is 5. The normalized spacial score (nSPS) is 20.7. The molecular formula is C18H20ClNO5. The van der Waals surface area contributed by atoms with Crippen LogP contribution >= 0.6 is 11.6 Å². The van der Waals surface area contributed by atoms with Crippen LogP contribution in [0.25, 0.3) is 11.0 Å². The van der Waals surface area contributed by atoms with Crippen molar-refractivity contribution in [3.63, 3.8) is 0 Å². The van der Waals surface area contributed by atoms with Crippen LogP contribution in [0.4, 0.5) is 0 Å². The summed E-state index contributed by atoms with van der Waals surface area (Å²) in [5, 5.41) is 1.17. The highest BCUT2D eigenvalue weighted by molar-refractivity contribution is 6.35. The predicted octanol–water partition coefficient (Wildman–Crippen LogP) is 3.19. The van der Waals surface area contributed by atoms with Crippen molar-refractivity contribution < 1.29 is 23.5 Å². The summed E-state index contributed by atoms with van der Waals surface area (Å²) in [6, 6.07) is 5.29. The predicted molar refractivity (Wildman–Crippen MR) is 92.8 cm³/mol. The van der Waals surface area contributed by atoms with E-state index >= 15 is 0 Å². The van der Waals surface area contributed by atoms with E-state index < -0.39 is 5.97 Å². The zero-order chi connectivity index (χ0) is 18.1. The Morgan fingerprint density at radius 1 is 1.28 bits per heavy atom. The van der Waals surface area contributed by atoms with Gasteiger partial charge in [-0.05, 0) is 26.8 Å². The van der Waals surface area contributed by atoms with Crippen LogP contribution < -0.4 is 0 Å². The summed E-state index contributed by atoms with van der Waals surface area (Å²) in [7, 11) is 0. The third-order valence-corrected chi connectivity index (χ3v) is 4.50. The highest BCUT2D eigenvalue weighted by Gasteiger charge is 2.27. The first kappa shape index (κ1) is 17.8. The van der Waals surface area contributed by atoms with E-state index in [1.807, 2.05) is 19.9 Å². The number of amides is 1. The molecule has 7 heteroatoms. The third-order valence-electron chi connectivity index (χ3n) is 4.20. The van der Waals surface area contributed by atoms with Crippen molar-refractivity contribution >= 4 is 34.4 Å². The smallest absolute Gasteiger partial charge is 0.375 e. The summed E-state index contributed by atoms with van der Waals surface area (Å²) in [6.07, 6.45) is -0.0775. The Kier molecular flexibility index (Phi) is 5.01. The van der Waals surface area contributed by atoms with Gasteiger partial charge in [0.25, 0.3) is 5.91 Å². The Morgan fingerprint density at radius 2 is 1.96 bits per heavy atom. The van der Waals surface area contributed by atoms with Gasteiger partial charge in [0.1, 0.15) is 0 Å². The maximum Gasteiger partial charge on any atom is 0.375 e. The van der Waals surface area contributed by atoms with Crippen molar-refractivity contribution in [3.05, 3.63) is 34.5 Å². The Morgan fingerprint density at radius 3 is 2.60 bits per heavy atom. The fourth-order valence-corrected chi connectivity index (χ4v) is 3.28. The van der Waals surface area contributed by atoms with Crippen LogP contribution in [0.1, 0.15) is 30.0 Å². The summed E-state index contributed by atoms with van der Waals surface area (Å²) in [5.74, 6) is -0.853. The van der Waals surface area contributed by atoms with E-state index in [4.69, 9.17) is 25.5 Å². The number of nitrogens with zero attached hydrogens (tertiary/aromatic N) is 1. The van der Waals surface area contributed by atoms with E-state index in [2.05, 4.69) is 0 Å². The highest BCUT2D eigenvalue weighted by Crippen LogP contribution is 2.31. The number of para-hydroxylation sites is 1. The molecule has 0 aliphatic carbocycles. The van der Waals surface area contributed by atoms with Crippen molar-refractivity contribution in [1.82, 2.24) is 4.90 Å². The van der Waals surface area contributed by atoms with Gasteiger partial charge in [0, 0.05) is 24.0 Å². The van der Waals surface area contributed by atoms with E-state index in [0.717, 1.165) is 5.39 Å². The van der Waals surface area contributed by atoms with Crippen molar-refractivity contribution in [1.29, 1.82) is 0 Å². The second-order valence-electron chi connectivity index (χ2n) is 6.30. The minimum Gasteiger partial charge on any atom is -0.450 e. The highest BCUT2D eigenvalue weighted by atomic mass is 35.5. The molecule has 0 spiro atoms. The lowest BCUT2D eigenvalue weighted by molar-refractivity contribution is -0.146. The SMILES string of the molecule is Cc1c(C(=O)OCC(=O)N2CC(C)OC(C)C2)oc2c(Cl)cccc12. The number of carbonyl (C=O) groups excluding carboxylic acids is 2. The van der Waals surface area contributed by atoms with Gasteiger partial charge in [-0.1, -0.05) is 23.7 Å². The van der Waals surface area contributed by atoms with Gasteiger partial charge in [-0.15, -0.1) is 0 Å². The molecule has 2 heterocycles. The number of ether oxygens (including phenoxy) is 2. The van der Waals surface area contributed by atoms with Crippen molar-refractivity contribution in [2.24, 2.45) is 0 Å². The lowest BCUT2D eigenvalue weighted by atomic mass is 10.1. The lowest BCUT2D eigenvalue weighted by Gasteiger charge is -2.35. The molecule has 2 unspecified atom stereocenters. The first-order chi connectivity index (χ1) is 11.9. The van der Waals surface area contributed by atoms with Crippen LogP contribution in [-0.4, -0.2) is 48.7 Å². The number of carbonyl (C=O) groups is 2. The van der Waals surface area contributed by atoms with Crippen molar-refractivity contribution in [3.8, 4) is 0 Å². The van der Waals surface area contributed by atoms with Crippen LogP contribution in [0.3, 0.4) is 0 Å². The van der Waals surface area contributed by atoms with Gasteiger partial charge in [-0.25, -0.2) is 4.79 Å². The molecule has 0 N–H and O–H groups in total. The molecule has 25 heavy (non-hydrogen) atoms. The van der Waals surface area contributed by atoms with Gasteiger partial charge in [0.15, 0.2) is 12.2 Å². The van der Waals surface area contributed by atoms with Crippen molar-refractivity contribution in [2.45, 2.75) is 33.0 Å². The van der Waals surface area contributed by atoms with Crippen LogP contribution in [0.15, 0.2) is 22.6 Å². The molecule has 1 saturated heterocycles. The number of esters is 1. The van der Waals surface area contributed by atoms with E-state index in [1.54, 1.807) is 24.0 Å². The summed E-state index contributed by atoms with van der Waals surface area (Å²) < 4.78 is 16.3. The van der Waals surface area contributed by atoms with Crippen molar-refractivity contribution in [2.75, 3.05) is 19.7 Å². The Balaban J connectivity index is 1.68. The fourth-order valence-electron chi connectivity index (χ4n) is 3.07. The zero-order valence-electron chi connectivity index (χ0n) is 14.4. The summed E-state index contributed by atoms with van der Waals surface area (Å²) in [6.45, 7) is 6.21. The number of morpholine rings is 1. The molecule has 2 atom stereocenters. The summed E-state index contributed by atoms with van der Waals surface area (Å²) in [5.41, 5.74) is 1.08. The zero-order valence-corrected chi connectivity index (χ0v) is 15.1. The number of benzene rings is 1. The minimum atomic E-state index is -0.674. The first-order valence-corrected chi connectivity index (χ1v) is 8.52. The maximum absolute atomic E-state index is 12.3. The average molecular weight is 366 g/mol. The molecule has 2 aromatic rings. The molecule has 0 radical (unpaired) electrons. The Hall–Kier alpha value is -2.05. The van der Waals surface area contributed by atoms with Crippen LogP contribution in [0, 0.1) is 6.92 Å². The number of fused-ring (bicyclic) bond motifs is 1.